The Morgan fingerprint density at radius 3 is 2.26 bits per heavy atom. The van der Waals surface area contributed by atoms with Gasteiger partial charge >= 0.3 is 12.1 Å². The zero-order chi connectivity index (χ0) is 24.2. The molecule has 2 unspecified atom stereocenters. The van der Waals surface area contributed by atoms with Crippen molar-refractivity contribution in [3.63, 3.8) is 0 Å². The molecule has 7 heteroatoms. The van der Waals surface area contributed by atoms with E-state index in [2.05, 4.69) is 29.6 Å². The average Bonchev–Trinajstić information content (AvgIpc) is 3.15. The smallest absolute Gasteiger partial charge is 0.407 e. The third kappa shape index (κ3) is 4.93. The third-order valence-corrected chi connectivity index (χ3v) is 7.15. The summed E-state index contributed by atoms with van der Waals surface area (Å²) in [6, 6.07) is 16.0. The first kappa shape index (κ1) is 23.8. The lowest BCUT2D eigenvalue weighted by Gasteiger charge is -2.35. The standard InChI is InChI=1S/C27H32N2O5/c1-3-18(14-25(30)29-13-12-19(26(31)32)17(2)15-29)28-27(33)34-16-24-22-10-6-4-8-20(22)21-9-5-7-11-23(21)24/h4-11,17-19,24H,3,12-16H2,1-2H3,(H,28,33)(H,31,32)/t17?,18-,19?/m0/s1. The summed E-state index contributed by atoms with van der Waals surface area (Å²) in [5.41, 5.74) is 4.64. The fourth-order valence-electron chi connectivity index (χ4n) is 5.18. The van der Waals surface area contributed by atoms with E-state index in [0.717, 1.165) is 11.1 Å². The fourth-order valence-corrected chi connectivity index (χ4v) is 5.18. The lowest BCUT2D eigenvalue weighted by Crippen LogP contribution is -2.47. The van der Waals surface area contributed by atoms with Crippen LogP contribution in [0.3, 0.4) is 0 Å². The number of benzene rings is 2. The van der Waals surface area contributed by atoms with Crippen LogP contribution in [-0.2, 0) is 14.3 Å². The van der Waals surface area contributed by atoms with Crippen LogP contribution >= 0.6 is 0 Å². The molecule has 2 amide bonds. The van der Waals surface area contributed by atoms with Crippen LogP contribution in [0.1, 0.15) is 50.2 Å². The molecule has 1 fully saturated rings. The number of alkyl carbamates (subject to hydrolysis) is 1. The predicted molar refractivity (Wildman–Crippen MR) is 128 cm³/mol. The molecule has 2 aromatic carbocycles. The Morgan fingerprint density at radius 2 is 1.71 bits per heavy atom. The molecule has 1 aliphatic heterocycles. The van der Waals surface area contributed by atoms with Gasteiger partial charge in [0.05, 0.1) is 5.92 Å². The highest BCUT2D eigenvalue weighted by Crippen LogP contribution is 2.44. The molecule has 1 aliphatic carbocycles. The quantitative estimate of drug-likeness (QED) is 0.638. The van der Waals surface area contributed by atoms with E-state index in [9.17, 15) is 19.5 Å². The van der Waals surface area contributed by atoms with Gasteiger partial charge in [-0.05, 0) is 41.0 Å². The number of nitrogens with one attached hydrogen (secondary N) is 1. The first-order valence-electron chi connectivity index (χ1n) is 12.0. The number of aliphatic carboxylic acids is 1. The van der Waals surface area contributed by atoms with Gasteiger partial charge in [0.15, 0.2) is 0 Å². The molecule has 7 nitrogen and oxygen atoms in total. The van der Waals surface area contributed by atoms with E-state index in [1.165, 1.54) is 11.1 Å². The molecule has 0 bridgehead atoms. The van der Waals surface area contributed by atoms with Crippen molar-refractivity contribution >= 4 is 18.0 Å². The number of carbonyl (C=O) groups excluding carboxylic acids is 2. The second kappa shape index (κ2) is 10.3. The number of ether oxygens (including phenoxy) is 1. The second-order valence-electron chi connectivity index (χ2n) is 9.33. The molecule has 4 rings (SSSR count). The van der Waals surface area contributed by atoms with Crippen molar-refractivity contribution in [3.8, 4) is 11.1 Å². The van der Waals surface area contributed by atoms with Crippen molar-refractivity contribution in [3.05, 3.63) is 59.7 Å². The highest BCUT2D eigenvalue weighted by atomic mass is 16.5. The highest BCUT2D eigenvalue weighted by Gasteiger charge is 2.34. The minimum atomic E-state index is -0.803. The van der Waals surface area contributed by atoms with Gasteiger partial charge in [-0.2, -0.15) is 0 Å². The van der Waals surface area contributed by atoms with Crippen LogP contribution in [0.4, 0.5) is 4.79 Å². The van der Waals surface area contributed by atoms with Crippen LogP contribution in [-0.4, -0.2) is 53.7 Å². The predicted octanol–water partition coefficient (Wildman–Crippen LogP) is 4.26. The normalized spacial score (nSPS) is 20.2. The van der Waals surface area contributed by atoms with Crippen molar-refractivity contribution in [2.45, 2.75) is 45.1 Å². The van der Waals surface area contributed by atoms with E-state index in [0.29, 0.717) is 25.9 Å². The summed E-state index contributed by atoms with van der Waals surface area (Å²) in [5.74, 6) is -1.39. The van der Waals surface area contributed by atoms with E-state index in [4.69, 9.17) is 4.74 Å². The van der Waals surface area contributed by atoms with Crippen LogP contribution in [0.15, 0.2) is 48.5 Å². The first-order valence-corrected chi connectivity index (χ1v) is 12.0. The van der Waals surface area contributed by atoms with Gasteiger partial charge in [-0.3, -0.25) is 9.59 Å². The fraction of sp³-hybridized carbons (Fsp3) is 0.444. The largest absolute Gasteiger partial charge is 0.481 e. The number of carboxylic acids is 1. The first-order chi connectivity index (χ1) is 16.4. The van der Waals surface area contributed by atoms with E-state index in [1.807, 2.05) is 38.1 Å². The molecular weight excluding hydrogens is 432 g/mol. The minimum absolute atomic E-state index is 0.0168. The molecular formula is C27H32N2O5. The van der Waals surface area contributed by atoms with Crippen LogP contribution in [0.25, 0.3) is 11.1 Å². The summed E-state index contributed by atoms with van der Waals surface area (Å²) in [6.07, 6.45) is 0.695. The summed E-state index contributed by atoms with van der Waals surface area (Å²) in [7, 11) is 0. The van der Waals surface area contributed by atoms with Crippen molar-refractivity contribution in [1.29, 1.82) is 0 Å². The number of amides is 2. The third-order valence-electron chi connectivity index (χ3n) is 7.15. The minimum Gasteiger partial charge on any atom is -0.481 e. The van der Waals surface area contributed by atoms with Gasteiger partial charge in [-0.25, -0.2) is 4.79 Å². The number of hydrogen-bond acceptors (Lipinski definition) is 4. The van der Waals surface area contributed by atoms with Crippen molar-refractivity contribution in [2.75, 3.05) is 19.7 Å². The molecule has 1 saturated heterocycles. The molecule has 2 aromatic rings. The monoisotopic (exact) mass is 464 g/mol. The van der Waals surface area contributed by atoms with Crippen LogP contribution in [0.5, 0.6) is 0 Å². The summed E-state index contributed by atoms with van der Waals surface area (Å²) in [4.78, 5) is 38.4. The SMILES string of the molecule is CC[C@@H](CC(=O)N1CCC(C(=O)O)C(C)C1)NC(=O)OCC1c2ccccc2-c2ccccc21. The Hall–Kier alpha value is -3.35. The van der Waals surface area contributed by atoms with Crippen LogP contribution < -0.4 is 5.32 Å². The second-order valence-corrected chi connectivity index (χ2v) is 9.33. The van der Waals surface area contributed by atoms with Gasteiger partial charge in [0, 0.05) is 31.5 Å². The Morgan fingerprint density at radius 1 is 1.09 bits per heavy atom. The number of nitrogens with zero attached hydrogens (tertiary/aromatic N) is 1. The molecule has 3 atom stereocenters. The zero-order valence-electron chi connectivity index (χ0n) is 19.7. The molecule has 0 aromatic heterocycles. The van der Waals surface area contributed by atoms with E-state index >= 15 is 0 Å². The Balaban J connectivity index is 1.31. The Labute approximate surface area is 200 Å². The maximum absolute atomic E-state index is 12.8. The number of hydrogen-bond donors (Lipinski definition) is 2. The molecule has 34 heavy (non-hydrogen) atoms. The molecule has 0 spiro atoms. The molecule has 0 saturated carbocycles. The number of piperidine rings is 1. The molecule has 2 N–H and O–H groups in total. The van der Waals surface area contributed by atoms with Crippen molar-refractivity contribution < 1.29 is 24.2 Å². The molecule has 1 heterocycles. The molecule has 0 radical (unpaired) electrons. The van der Waals surface area contributed by atoms with Gasteiger partial charge in [-0.15, -0.1) is 0 Å². The van der Waals surface area contributed by atoms with E-state index in [-0.39, 0.29) is 36.8 Å². The maximum Gasteiger partial charge on any atom is 0.407 e. The van der Waals surface area contributed by atoms with Gasteiger partial charge in [-0.1, -0.05) is 62.4 Å². The van der Waals surface area contributed by atoms with Crippen LogP contribution in [0, 0.1) is 11.8 Å². The summed E-state index contributed by atoms with van der Waals surface area (Å²) in [6.45, 7) is 4.87. The topological polar surface area (TPSA) is 95.9 Å². The van der Waals surface area contributed by atoms with E-state index < -0.39 is 18.0 Å². The summed E-state index contributed by atoms with van der Waals surface area (Å²) >= 11 is 0. The number of fused-ring (bicyclic) bond motifs is 3. The van der Waals surface area contributed by atoms with Crippen molar-refractivity contribution in [1.82, 2.24) is 10.2 Å². The summed E-state index contributed by atoms with van der Waals surface area (Å²) in [5, 5.41) is 12.1. The van der Waals surface area contributed by atoms with Gasteiger partial charge in [0.2, 0.25) is 5.91 Å². The number of likely N-dealkylation sites (tertiary alicyclic amines) is 1. The maximum atomic E-state index is 12.8. The molecule has 2 aliphatic rings. The lowest BCUT2D eigenvalue weighted by atomic mass is 9.87. The number of carbonyl (C=O) groups is 3. The van der Waals surface area contributed by atoms with Gasteiger partial charge < -0.3 is 20.1 Å². The van der Waals surface area contributed by atoms with Gasteiger partial charge in [0.25, 0.3) is 0 Å². The van der Waals surface area contributed by atoms with Gasteiger partial charge in [0.1, 0.15) is 6.61 Å². The summed E-state index contributed by atoms with van der Waals surface area (Å²) < 4.78 is 5.62. The lowest BCUT2D eigenvalue weighted by molar-refractivity contribution is -0.148. The average molecular weight is 465 g/mol. The van der Waals surface area contributed by atoms with Crippen molar-refractivity contribution in [2.24, 2.45) is 11.8 Å². The Kier molecular flexibility index (Phi) is 7.20. The number of rotatable bonds is 7. The van der Waals surface area contributed by atoms with Crippen LogP contribution in [0.2, 0.25) is 0 Å². The molecule has 180 valence electrons. The zero-order valence-corrected chi connectivity index (χ0v) is 19.7. The van der Waals surface area contributed by atoms with E-state index in [1.54, 1.807) is 4.90 Å². The Bertz CT molecular complexity index is 1020. The number of carboxylic acid groups (broad SMARTS) is 1. The highest BCUT2D eigenvalue weighted by molar-refractivity contribution is 5.80.